The van der Waals surface area contributed by atoms with Gasteiger partial charge in [0.15, 0.2) is 0 Å². The van der Waals surface area contributed by atoms with Crippen molar-refractivity contribution < 1.29 is 9.90 Å². The Bertz CT molecular complexity index is 509. The number of halogens is 1. The van der Waals surface area contributed by atoms with Crippen molar-refractivity contribution in [1.29, 1.82) is 0 Å². The smallest absolute Gasteiger partial charge is 0.224 e. The minimum absolute atomic E-state index is 0.00954. The first-order valence-corrected chi connectivity index (χ1v) is 7.94. The van der Waals surface area contributed by atoms with Crippen molar-refractivity contribution in [3.8, 4) is 5.75 Å². The van der Waals surface area contributed by atoms with Crippen LogP contribution in [0.15, 0.2) is 22.7 Å². The number of hydrogen-bond donors (Lipinski definition) is 3. The Morgan fingerprint density at radius 1 is 1.35 bits per heavy atom. The van der Waals surface area contributed by atoms with E-state index in [2.05, 4.69) is 26.6 Å². The summed E-state index contributed by atoms with van der Waals surface area (Å²) < 4.78 is 0.838. The van der Waals surface area contributed by atoms with Crippen LogP contribution in [0.5, 0.6) is 5.75 Å². The van der Waals surface area contributed by atoms with E-state index in [0.717, 1.165) is 17.3 Å². The SMILES string of the molecule is O=C(CC1CC2CCC(C1)N2)Nc1cc(Br)ccc1O. The molecule has 2 bridgehead atoms. The maximum Gasteiger partial charge on any atom is 0.224 e. The molecule has 5 heteroatoms. The lowest BCUT2D eigenvalue weighted by Gasteiger charge is -2.28. The molecule has 1 aromatic rings. The van der Waals surface area contributed by atoms with Gasteiger partial charge in [0, 0.05) is 23.0 Å². The Kier molecular flexibility index (Phi) is 3.98. The van der Waals surface area contributed by atoms with Gasteiger partial charge in [-0.3, -0.25) is 4.79 Å². The molecule has 4 nitrogen and oxygen atoms in total. The van der Waals surface area contributed by atoms with E-state index < -0.39 is 0 Å². The van der Waals surface area contributed by atoms with Crippen molar-refractivity contribution >= 4 is 27.5 Å². The normalized spacial score (nSPS) is 28.4. The average molecular weight is 339 g/mol. The van der Waals surface area contributed by atoms with Gasteiger partial charge in [-0.1, -0.05) is 15.9 Å². The predicted molar refractivity (Wildman–Crippen MR) is 81.7 cm³/mol. The summed E-state index contributed by atoms with van der Waals surface area (Å²) in [6, 6.07) is 6.25. The molecule has 2 heterocycles. The highest BCUT2D eigenvalue weighted by atomic mass is 79.9. The molecule has 2 unspecified atom stereocenters. The van der Waals surface area contributed by atoms with Crippen molar-refractivity contribution in [2.45, 2.75) is 44.2 Å². The molecule has 2 atom stereocenters. The first-order valence-electron chi connectivity index (χ1n) is 7.14. The zero-order valence-corrected chi connectivity index (χ0v) is 12.8. The first kappa shape index (κ1) is 13.9. The van der Waals surface area contributed by atoms with Gasteiger partial charge < -0.3 is 15.7 Å². The van der Waals surface area contributed by atoms with Crippen LogP contribution in [-0.2, 0) is 4.79 Å². The molecule has 2 aliphatic rings. The summed E-state index contributed by atoms with van der Waals surface area (Å²) in [6.07, 6.45) is 5.22. The maximum atomic E-state index is 12.1. The van der Waals surface area contributed by atoms with Crippen LogP contribution in [-0.4, -0.2) is 23.1 Å². The fourth-order valence-electron chi connectivity index (χ4n) is 3.41. The molecule has 3 N–H and O–H groups in total. The summed E-state index contributed by atoms with van der Waals surface area (Å²) in [5, 5.41) is 16.1. The van der Waals surface area contributed by atoms with Crippen LogP contribution in [0.4, 0.5) is 5.69 Å². The Labute approximate surface area is 127 Å². The Hall–Kier alpha value is -1.07. The van der Waals surface area contributed by atoms with Crippen molar-refractivity contribution in [2.24, 2.45) is 5.92 Å². The zero-order chi connectivity index (χ0) is 14.1. The minimum Gasteiger partial charge on any atom is -0.506 e. The highest BCUT2D eigenvalue weighted by Crippen LogP contribution is 2.33. The van der Waals surface area contributed by atoms with E-state index >= 15 is 0 Å². The molecule has 0 saturated carbocycles. The second kappa shape index (κ2) is 5.74. The van der Waals surface area contributed by atoms with Gasteiger partial charge in [0.2, 0.25) is 5.91 Å². The van der Waals surface area contributed by atoms with E-state index in [4.69, 9.17) is 0 Å². The van der Waals surface area contributed by atoms with Crippen LogP contribution in [0.3, 0.4) is 0 Å². The number of benzene rings is 1. The largest absolute Gasteiger partial charge is 0.506 e. The third-order valence-electron chi connectivity index (χ3n) is 4.28. The maximum absolute atomic E-state index is 12.1. The summed E-state index contributed by atoms with van der Waals surface area (Å²) in [6.45, 7) is 0. The quantitative estimate of drug-likeness (QED) is 0.742. The lowest BCUT2D eigenvalue weighted by Crippen LogP contribution is -2.39. The van der Waals surface area contributed by atoms with Crippen LogP contribution in [0, 0.1) is 5.92 Å². The van der Waals surface area contributed by atoms with E-state index in [1.54, 1.807) is 18.2 Å². The second-order valence-electron chi connectivity index (χ2n) is 5.89. The fourth-order valence-corrected chi connectivity index (χ4v) is 3.77. The van der Waals surface area contributed by atoms with Crippen molar-refractivity contribution in [3.63, 3.8) is 0 Å². The lowest BCUT2D eigenvalue weighted by atomic mass is 9.89. The van der Waals surface area contributed by atoms with Gasteiger partial charge >= 0.3 is 0 Å². The van der Waals surface area contributed by atoms with Crippen molar-refractivity contribution in [2.75, 3.05) is 5.32 Å². The highest BCUT2D eigenvalue weighted by molar-refractivity contribution is 9.10. The molecule has 2 fully saturated rings. The van der Waals surface area contributed by atoms with Crippen LogP contribution < -0.4 is 10.6 Å². The van der Waals surface area contributed by atoms with Gasteiger partial charge in [0.05, 0.1) is 5.69 Å². The van der Waals surface area contributed by atoms with E-state index in [1.807, 2.05) is 0 Å². The standard InChI is InChI=1S/C15H19BrN2O2/c16-10-1-4-14(19)13(8-10)18-15(20)7-9-5-11-2-3-12(6-9)17-11/h1,4,8-9,11-12,17,19H,2-3,5-7H2,(H,18,20). The van der Waals surface area contributed by atoms with Crippen molar-refractivity contribution in [1.82, 2.24) is 5.32 Å². The molecule has 0 radical (unpaired) electrons. The summed E-state index contributed by atoms with van der Waals surface area (Å²) >= 11 is 3.34. The molecule has 0 aromatic heterocycles. The molecular formula is C15H19BrN2O2. The number of phenolic OH excluding ortho intramolecular Hbond substituents is 1. The number of aromatic hydroxyl groups is 1. The summed E-state index contributed by atoms with van der Waals surface area (Å²) in [5.41, 5.74) is 0.473. The minimum atomic E-state index is -0.00954. The first-order chi connectivity index (χ1) is 9.60. The Morgan fingerprint density at radius 2 is 2.05 bits per heavy atom. The van der Waals surface area contributed by atoms with Gasteiger partial charge in [0.25, 0.3) is 0 Å². The number of rotatable bonds is 3. The molecule has 1 aromatic carbocycles. The van der Waals surface area contributed by atoms with Gasteiger partial charge in [-0.25, -0.2) is 0 Å². The van der Waals surface area contributed by atoms with E-state index in [0.29, 0.717) is 30.1 Å². The number of fused-ring (bicyclic) bond motifs is 2. The third kappa shape index (κ3) is 3.15. The van der Waals surface area contributed by atoms with Gasteiger partial charge in [-0.15, -0.1) is 0 Å². The van der Waals surface area contributed by atoms with E-state index in [9.17, 15) is 9.90 Å². The monoisotopic (exact) mass is 338 g/mol. The summed E-state index contributed by atoms with van der Waals surface area (Å²) in [4.78, 5) is 12.1. The van der Waals surface area contributed by atoms with Crippen LogP contribution in [0.25, 0.3) is 0 Å². The molecule has 20 heavy (non-hydrogen) atoms. The predicted octanol–water partition coefficient (Wildman–Crippen LogP) is 3.01. The molecule has 2 saturated heterocycles. The van der Waals surface area contributed by atoms with Gasteiger partial charge in [-0.05, 0) is 49.8 Å². The zero-order valence-electron chi connectivity index (χ0n) is 11.2. The van der Waals surface area contributed by atoms with Crippen molar-refractivity contribution in [3.05, 3.63) is 22.7 Å². The fraction of sp³-hybridized carbons (Fsp3) is 0.533. The summed E-state index contributed by atoms with van der Waals surface area (Å²) in [5.74, 6) is 0.555. The number of anilines is 1. The molecule has 1 amide bonds. The molecule has 108 valence electrons. The average Bonchev–Trinajstić information content (AvgIpc) is 2.73. The number of amides is 1. The van der Waals surface area contributed by atoms with E-state index in [-0.39, 0.29) is 11.7 Å². The third-order valence-corrected chi connectivity index (χ3v) is 4.77. The molecule has 0 spiro atoms. The van der Waals surface area contributed by atoms with Gasteiger partial charge in [-0.2, -0.15) is 0 Å². The highest BCUT2D eigenvalue weighted by Gasteiger charge is 2.34. The molecular weight excluding hydrogens is 320 g/mol. The number of phenols is 1. The van der Waals surface area contributed by atoms with E-state index in [1.165, 1.54) is 12.8 Å². The number of hydrogen-bond acceptors (Lipinski definition) is 3. The summed E-state index contributed by atoms with van der Waals surface area (Å²) in [7, 11) is 0. The lowest BCUT2D eigenvalue weighted by molar-refractivity contribution is -0.117. The molecule has 0 aliphatic carbocycles. The molecule has 2 aliphatic heterocycles. The Balaban J connectivity index is 1.58. The number of nitrogens with one attached hydrogen (secondary N) is 2. The van der Waals surface area contributed by atoms with Crippen LogP contribution in [0.2, 0.25) is 0 Å². The van der Waals surface area contributed by atoms with Crippen LogP contribution in [0.1, 0.15) is 32.1 Å². The second-order valence-corrected chi connectivity index (χ2v) is 6.80. The number of carbonyl (C=O) groups is 1. The van der Waals surface area contributed by atoms with Gasteiger partial charge in [0.1, 0.15) is 5.75 Å². The topological polar surface area (TPSA) is 61.4 Å². The number of piperidine rings is 1. The molecule has 3 rings (SSSR count). The Morgan fingerprint density at radius 3 is 2.75 bits per heavy atom. The van der Waals surface area contributed by atoms with Crippen LogP contribution >= 0.6 is 15.9 Å². The number of carbonyl (C=O) groups excluding carboxylic acids is 1.